The van der Waals surface area contributed by atoms with Crippen LogP contribution in [-0.2, 0) is 11.3 Å². The molecule has 0 saturated carbocycles. The van der Waals surface area contributed by atoms with Crippen molar-refractivity contribution in [3.05, 3.63) is 102 Å². The van der Waals surface area contributed by atoms with Crippen molar-refractivity contribution < 1.29 is 14.6 Å². The van der Waals surface area contributed by atoms with Gasteiger partial charge in [-0.2, -0.15) is 0 Å². The predicted molar refractivity (Wildman–Crippen MR) is 138 cm³/mol. The molecule has 0 atom stereocenters. The van der Waals surface area contributed by atoms with E-state index in [0.717, 1.165) is 38.4 Å². The van der Waals surface area contributed by atoms with E-state index >= 15 is 0 Å². The molecule has 1 aromatic heterocycles. The molecule has 0 fully saturated rings. The summed E-state index contributed by atoms with van der Waals surface area (Å²) in [5.74, 6) is 0.0745. The number of para-hydroxylation sites is 1. The third-order valence-electron chi connectivity index (χ3n) is 6.29. The van der Waals surface area contributed by atoms with Crippen molar-refractivity contribution in [2.45, 2.75) is 20.4 Å². The predicted octanol–water partition coefficient (Wildman–Crippen LogP) is 6.85. The van der Waals surface area contributed by atoms with Crippen molar-refractivity contribution in [1.82, 2.24) is 4.57 Å². The molecule has 35 heavy (non-hydrogen) atoms. The maximum absolute atomic E-state index is 12.4. The number of rotatable bonds is 6. The molecule has 0 radical (unpaired) electrons. The van der Waals surface area contributed by atoms with Crippen LogP contribution in [0.2, 0.25) is 0 Å². The van der Waals surface area contributed by atoms with E-state index in [-0.39, 0.29) is 18.2 Å². The molecule has 6 nitrogen and oxygen atoms in total. The van der Waals surface area contributed by atoms with Crippen LogP contribution in [0.25, 0.3) is 21.7 Å². The third-order valence-corrected chi connectivity index (χ3v) is 6.29. The standard InChI is InChI=1S/C29H25N3O3/c1-19-9-7-16-26(20(19)2)35-18-27(33)30-31-28-24-14-5-6-15-25(24)32(29(28)34)17-22-12-8-11-21-10-3-4-13-23(21)22/h3-16,34H,17-18H2,1-2H3. The summed E-state index contributed by atoms with van der Waals surface area (Å²) in [5.41, 5.74) is 4.21. The number of fused-ring (bicyclic) bond motifs is 2. The summed E-state index contributed by atoms with van der Waals surface area (Å²) in [5, 5.41) is 22.0. The smallest absolute Gasteiger partial charge is 0.302 e. The lowest BCUT2D eigenvalue weighted by molar-refractivity contribution is -0.120. The number of carbonyl (C=O) groups excluding carboxylic acids is 1. The highest BCUT2D eigenvalue weighted by Crippen LogP contribution is 2.39. The lowest BCUT2D eigenvalue weighted by atomic mass is 10.0. The van der Waals surface area contributed by atoms with Gasteiger partial charge in [-0.1, -0.05) is 72.8 Å². The molecule has 0 spiro atoms. The first-order valence-corrected chi connectivity index (χ1v) is 11.4. The summed E-state index contributed by atoms with van der Waals surface area (Å²) in [6, 6.07) is 27.5. The number of hydrogen-bond acceptors (Lipinski definition) is 4. The molecule has 0 bridgehead atoms. The van der Waals surface area contributed by atoms with E-state index in [9.17, 15) is 9.90 Å². The van der Waals surface area contributed by atoms with Crippen LogP contribution >= 0.6 is 0 Å². The van der Waals surface area contributed by atoms with Crippen molar-refractivity contribution in [2.75, 3.05) is 6.61 Å². The van der Waals surface area contributed by atoms with E-state index in [1.165, 1.54) is 0 Å². The first-order chi connectivity index (χ1) is 17.0. The van der Waals surface area contributed by atoms with Gasteiger partial charge in [0.2, 0.25) is 5.88 Å². The number of nitrogens with zero attached hydrogens (tertiary/aromatic N) is 3. The lowest BCUT2D eigenvalue weighted by Gasteiger charge is -2.10. The first-order valence-electron chi connectivity index (χ1n) is 11.4. The molecule has 0 unspecified atom stereocenters. The normalized spacial score (nSPS) is 11.5. The Hall–Kier alpha value is -4.45. The van der Waals surface area contributed by atoms with Gasteiger partial charge in [-0.15, -0.1) is 10.2 Å². The van der Waals surface area contributed by atoms with Gasteiger partial charge in [0.1, 0.15) is 5.75 Å². The third kappa shape index (κ3) is 4.38. The monoisotopic (exact) mass is 463 g/mol. The highest BCUT2D eigenvalue weighted by Gasteiger charge is 2.18. The van der Waals surface area contributed by atoms with Crippen LogP contribution in [0.3, 0.4) is 0 Å². The van der Waals surface area contributed by atoms with E-state index in [0.29, 0.717) is 12.3 Å². The number of aromatic nitrogens is 1. The number of aryl methyl sites for hydroxylation is 1. The molecule has 0 aliphatic heterocycles. The number of benzene rings is 4. The number of carbonyl (C=O) groups is 1. The van der Waals surface area contributed by atoms with Gasteiger partial charge in [0, 0.05) is 5.39 Å². The molecular formula is C29H25N3O3. The Labute approximate surface area is 203 Å². The van der Waals surface area contributed by atoms with Gasteiger partial charge >= 0.3 is 5.91 Å². The molecular weight excluding hydrogens is 438 g/mol. The Morgan fingerprint density at radius 2 is 1.60 bits per heavy atom. The summed E-state index contributed by atoms with van der Waals surface area (Å²) >= 11 is 0. The molecule has 0 aliphatic rings. The van der Waals surface area contributed by atoms with E-state index < -0.39 is 5.91 Å². The fraction of sp³-hybridized carbons (Fsp3) is 0.138. The zero-order valence-electron chi connectivity index (χ0n) is 19.6. The maximum atomic E-state index is 12.4. The summed E-state index contributed by atoms with van der Waals surface area (Å²) in [7, 11) is 0. The first kappa shape index (κ1) is 22.3. The van der Waals surface area contributed by atoms with E-state index in [1.54, 1.807) is 4.57 Å². The minimum atomic E-state index is -0.531. The molecule has 6 heteroatoms. The Bertz CT molecular complexity index is 1580. The second-order valence-electron chi connectivity index (χ2n) is 8.49. The van der Waals surface area contributed by atoms with Crippen LogP contribution in [0.4, 0.5) is 5.69 Å². The van der Waals surface area contributed by atoms with Crippen molar-refractivity contribution in [3.63, 3.8) is 0 Å². The molecule has 5 aromatic rings. The minimum absolute atomic E-state index is 0.0360. The zero-order valence-corrected chi connectivity index (χ0v) is 19.6. The average Bonchev–Trinajstić information content (AvgIpc) is 3.14. The van der Waals surface area contributed by atoms with Gasteiger partial charge in [0.05, 0.1) is 12.1 Å². The van der Waals surface area contributed by atoms with Gasteiger partial charge in [0.15, 0.2) is 12.3 Å². The van der Waals surface area contributed by atoms with Crippen molar-refractivity contribution in [1.29, 1.82) is 0 Å². The quantitative estimate of drug-likeness (QED) is 0.280. The Balaban J connectivity index is 1.43. The number of ether oxygens (including phenoxy) is 1. The maximum Gasteiger partial charge on any atom is 0.302 e. The van der Waals surface area contributed by atoms with Crippen LogP contribution in [-0.4, -0.2) is 22.2 Å². The molecule has 0 saturated heterocycles. The molecule has 5 rings (SSSR count). The molecule has 1 amide bonds. The largest absolute Gasteiger partial charge is 0.493 e. The SMILES string of the molecule is Cc1cccc(OCC(=O)N=Nc2c(O)n(Cc3cccc4ccccc34)c3ccccc23)c1C. The fourth-order valence-electron chi connectivity index (χ4n) is 4.29. The van der Waals surface area contributed by atoms with Crippen LogP contribution in [0.5, 0.6) is 11.6 Å². The number of amides is 1. The summed E-state index contributed by atoms with van der Waals surface area (Å²) in [6.07, 6.45) is 0. The summed E-state index contributed by atoms with van der Waals surface area (Å²) in [6.45, 7) is 4.15. The van der Waals surface area contributed by atoms with Crippen LogP contribution in [0.1, 0.15) is 16.7 Å². The van der Waals surface area contributed by atoms with Crippen molar-refractivity contribution in [2.24, 2.45) is 10.2 Å². The fourth-order valence-corrected chi connectivity index (χ4v) is 4.29. The van der Waals surface area contributed by atoms with E-state index in [1.807, 2.05) is 80.6 Å². The molecule has 0 aliphatic carbocycles. The van der Waals surface area contributed by atoms with Gasteiger partial charge in [0.25, 0.3) is 0 Å². The van der Waals surface area contributed by atoms with Gasteiger partial charge < -0.3 is 14.4 Å². The van der Waals surface area contributed by atoms with Gasteiger partial charge in [-0.3, -0.25) is 4.79 Å². The van der Waals surface area contributed by atoms with Crippen molar-refractivity contribution >= 4 is 33.3 Å². The molecule has 1 heterocycles. The average molecular weight is 464 g/mol. The second-order valence-corrected chi connectivity index (χ2v) is 8.49. The minimum Gasteiger partial charge on any atom is -0.493 e. The molecule has 1 N–H and O–H groups in total. The van der Waals surface area contributed by atoms with Gasteiger partial charge in [-0.25, -0.2) is 0 Å². The molecule has 174 valence electrons. The van der Waals surface area contributed by atoms with Crippen molar-refractivity contribution in [3.8, 4) is 11.6 Å². The Morgan fingerprint density at radius 1 is 0.886 bits per heavy atom. The summed E-state index contributed by atoms with van der Waals surface area (Å²) < 4.78 is 7.43. The Morgan fingerprint density at radius 3 is 2.46 bits per heavy atom. The van der Waals surface area contributed by atoms with Crippen LogP contribution < -0.4 is 4.74 Å². The second kappa shape index (κ2) is 9.43. The lowest BCUT2D eigenvalue weighted by Crippen LogP contribution is -2.08. The summed E-state index contributed by atoms with van der Waals surface area (Å²) in [4.78, 5) is 12.4. The number of hydrogen-bond donors (Lipinski definition) is 1. The highest BCUT2D eigenvalue weighted by molar-refractivity contribution is 5.95. The molecule has 4 aromatic carbocycles. The van der Waals surface area contributed by atoms with E-state index in [2.05, 4.69) is 28.4 Å². The van der Waals surface area contributed by atoms with Crippen LogP contribution in [0, 0.1) is 13.8 Å². The Kier molecular flexibility index (Phi) is 6.02. The van der Waals surface area contributed by atoms with E-state index in [4.69, 9.17) is 4.74 Å². The topological polar surface area (TPSA) is 76.2 Å². The zero-order chi connectivity index (χ0) is 24.4. The highest BCUT2D eigenvalue weighted by atomic mass is 16.5. The van der Waals surface area contributed by atoms with Gasteiger partial charge in [-0.05, 0) is 53.4 Å². The number of azo groups is 1. The van der Waals surface area contributed by atoms with Crippen LogP contribution in [0.15, 0.2) is 95.2 Å². The number of aromatic hydroxyl groups is 1.